The largest absolute Gasteiger partial charge is 0.508 e. The summed E-state index contributed by atoms with van der Waals surface area (Å²) in [4.78, 5) is 22.9. The molecule has 0 radical (unpaired) electrons. The van der Waals surface area contributed by atoms with Gasteiger partial charge in [-0.15, -0.1) is 0 Å². The second-order valence-electron chi connectivity index (χ2n) is 4.76. The van der Waals surface area contributed by atoms with Crippen molar-refractivity contribution in [2.45, 2.75) is 24.8 Å². The molecule has 1 aliphatic carbocycles. The number of nitrogens with one attached hydrogen (secondary N) is 1. The van der Waals surface area contributed by atoms with Crippen molar-refractivity contribution >= 4 is 5.91 Å². The SMILES string of the molecule is O=C(NC1CC(c2ccon2)C1)c1cc(O)cc(=O)o1. The smallest absolute Gasteiger partial charge is 0.340 e. The van der Waals surface area contributed by atoms with Gasteiger partial charge in [-0.25, -0.2) is 4.79 Å². The normalized spacial score (nSPS) is 21.2. The first-order valence-corrected chi connectivity index (χ1v) is 6.17. The Labute approximate surface area is 113 Å². The summed E-state index contributed by atoms with van der Waals surface area (Å²) in [5.41, 5.74) is 0.114. The van der Waals surface area contributed by atoms with Crippen molar-refractivity contribution in [3.8, 4) is 5.75 Å². The van der Waals surface area contributed by atoms with Crippen LogP contribution in [0, 0.1) is 0 Å². The number of hydrogen-bond acceptors (Lipinski definition) is 6. The maximum Gasteiger partial charge on any atom is 0.340 e. The van der Waals surface area contributed by atoms with Crippen LogP contribution in [0.3, 0.4) is 0 Å². The van der Waals surface area contributed by atoms with Crippen LogP contribution in [0.25, 0.3) is 0 Å². The Kier molecular flexibility index (Phi) is 3.02. The van der Waals surface area contributed by atoms with Gasteiger partial charge >= 0.3 is 5.63 Å². The predicted molar refractivity (Wildman–Crippen MR) is 66.4 cm³/mol. The van der Waals surface area contributed by atoms with Crippen molar-refractivity contribution in [3.63, 3.8) is 0 Å². The van der Waals surface area contributed by atoms with E-state index in [1.165, 1.54) is 6.26 Å². The van der Waals surface area contributed by atoms with Crippen LogP contribution in [0.15, 0.2) is 38.2 Å². The Morgan fingerprint density at radius 3 is 2.85 bits per heavy atom. The van der Waals surface area contributed by atoms with Crippen molar-refractivity contribution in [3.05, 3.63) is 46.3 Å². The molecule has 1 saturated carbocycles. The number of aromatic nitrogens is 1. The third-order valence-electron chi connectivity index (χ3n) is 3.33. The van der Waals surface area contributed by atoms with Crippen LogP contribution < -0.4 is 10.9 Å². The highest BCUT2D eigenvalue weighted by atomic mass is 16.5. The molecule has 1 amide bonds. The van der Waals surface area contributed by atoms with Crippen molar-refractivity contribution in [2.24, 2.45) is 0 Å². The molecule has 0 unspecified atom stereocenters. The minimum Gasteiger partial charge on any atom is -0.508 e. The zero-order valence-electron chi connectivity index (χ0n) is 10.4. The molecule has 7 heteroatoms. The molecule has 3 rings (SSSR count). The maximum absolute atomic E-state index is 11.9. The summed E-state index contributed by atoms with van der Waals surface area (Å²) in [6.45, 7) is 0. The molecule has 2 aromatic rings. The molecular weight excluding hydrogens is 264 g/mol. The first-order valence-electron chi connectivity index (χ1n) is 6.17. The lowest BCUT2D eigenvalue weighted by Crippen LogP contribution is -2.43. The summed E-state index contributed by atoms with van der Waals surface area (Å²) >= 11 is 0. The van der Waals surface area contributed by atoms with Crippen LogP contribution in [0.5, 0.6) is 5.75 Å². The average Bonchev–Trinajstić information content (AvgIpc) is 2.85. The van der Waals surface area contributed by atoms with Crippen LogP contribution >= 0.6 is 0 Å². The fourth-order valence-electron chi connectivity index (χ4n) is 2.24. The highest BCUT2D eigenvalue weighted by Crippen LogP contribution is 2.35. The van der Waals surface area contributed by atoms with Crippen molar-refractivity contribution in [1.82, 2.24) is 10.5 Å². The van der Waals surface area contributed by atoms with E-state index in [2.05, 4.69) is 10.5 Å². The van der Waals surface area contributed by atoms with E-state index in [4.69, 9.17) is 8.94 Å². The predicted octanol–water partition coefficient (Wildman–Crippen LogP) is 1.01. The fraction of sp³-hybridized carbons (Fsp3) is 0.308. The maximum atomic E-state index is 11.9. The van der Waals surface area contributed by atoms with Gasteiger partial charge in [0.25, 0.3) is 5.91 Å². The highest BCUT2D eigenvalue weighted by molar-refractivity contribution is 5.91. The van der Waals surface area contributed by atoms with Gasteiger partial charge in [0.2, 0.25) is 0 Å². The van der Waals surface area contributed by atoms with Gasteiger partial charge in [0.05, 0.1) is 11.8 Å². The van der Waals surface area contributed by atoms with E-state index in [9.17, 15) is 14.7 Å². The lowest BCUT2D eigenvalue weighted by Gasteiger charge is -2.34. The molecule has 20 heavy (non-hydrogen) atoms. The van der Waals surface area contributed by atoms with E-state index in [-0.39, 0.29) is 23.5 Å². The lowest BCUT2D eigenvalue weighted by molar-refractivity contribution is 0.0873. The van der Waals surface area contributed by atoms with Gasteiger partial charge in [-0.3, -0.25) is 4.79 Å². The third kappa shape index (κ3) is 2.42. The van der Waals surface area contributed by atoms with E-state index in [0.29, 0.717) is 0 Å². The molecule has 0 saturated heterocycles. The minimum absolute atomic E-state index is 0.00292. The zero-order valence-corrected chi connectivity index (χ0v) is 10.4. The molecule has 0 aromatic carbocycles. The van der Waals surface area contributed by atoms with Gasteiger partial charge in [-0.1, -0.05) is 5.16 Å². The van der Waals surface area contributed by atoms with Gasteiger partial charge in [0.15, 0.2) is 5.76 Å². The van der Waals surface area contributed by atoms with Crippen LogP contribution in [-0.2, 0) is 0 Å². The van der Waals surface area contributed by atoms with Crippen LogP contribution in [0.1, 0.15) is 35.0 Å². The number of carbonyl (C=O) groups is 1. The van der Waals surface area contributed by atoms with Crippen LogP contribution in [0.4, 0.5) is 0 Å². The van der Waals surface area contributed by atoms with Gasteiger partial charge < -0.3 is 19.4 Å². The Balaban J connectivity index is 1.59. The summed E-state index contributed by atoms with van der Waals surface area (Å²) < 4.78 is 9.50. The van der Waals surface area contributed by atoms with E-state index in [1.54, 1.807) is 6.07 Å². The molecule has 0 bridgehead atoms. The monoisotopic (exact) mass is 276 g/mol. The molecule has 0 spiro atoms. The van der Waals surface area contributed by atoms with Crippen molar-refractivity contribution in [2.75, 3.05) is 0 Å². The molecule has 104 valence electrons. The first kappa shape index (κ1) is 12.5. The second kappa shape index (κ2) is 4.84. The van der Waals surface area contributed by atoms with Crippen LogP contribution in [0.2, 0.25) is 0 Å². The van der Waals surface area contributed by atoms with E-state index in [0.717, 1.165) is 30.7 Å². The minimum atomic E-state index is -0.760. The third-order valence-corrected chi connectivity index (χ3v) is 3.33. The van der Waals surface area contributed by atoms with E-state index in [1.807, 2.05) is 0 Å². The molecule has 7 nitrogen and oxygen atoms in total. The number of amides is 1. The zero-order chi connectivity index (χ0) is 14.1. The molecule has 2 N–H and O–H groups in total. The summed E-state index contributed by atoms with van der Waals surface area (Å²) in [6.07, 6.45) is 3.02. The fourth-order valence-corrected chi connectivity index (χ4v) is 2.24. The van der Waals surface area contributed by atoms with Gasteiger partial charge in [0.1, 0.15) is 12.0 Å². The topological polar surface area (TPSA) is 106 Å². The molecule has 2 aromatic heterocycles. The molecule has 0 aliphatic heterocycles. The van der Waals surface area contributed by atoms with Gasteiger partial charge in [-0.2, -0.15) is 0 Å². The van der Waals surface area contributed by atoms with Gasteiger partial charge in [-0.05, 0) is 12.8 Å². The highest BCUT2D eigenvalue weighted by Gasteiger charge is 2.33. The van der Waals surface area contributed by atoms with E-state index < -0.39 is 11.5 Å². The van der Waals surface area contributed by atoms with Gasteiger partial charge in [0, 0.05) is 24.1 Å². The molecule has 1 aliphatic rings. The van der Waals surface area contributed by atoms with E-state index >= 15 is 0 Å². The number of nitrogens with zero attached hydrogens (tertiary/aromatic N) is 1. The number of aromatic hydroxyl groups is 1. The summed E-state index contributed by atoms with van der Waals surface area (Å²) in [6, 6.07) is 3.82. The Morgan fingerprint density at radius 1 is 1.40 bits per heavy atom. The van der Waals surface area contributed by atoms with Crippen molar-refractivity contribution < 1.29 is 18.8 Å². The number of rotatable bonds is 3. The molecule has 1 fully saturated rings. The molecule has 2 heterocycles. The average molecular weight is 276 g/mol. The quantitative estimate of drug-likeness (QED) is 0.866. The number of carbonyl (C=O) groups excluding carboxylic acids is 1. The van der Waals surface area contributed by atoms with Crippen LogP contribution in [-0.4, -0.2) is 22.2 Å². The second-order valence-corrected chi connectivity index (χ2v) is 4.76. The summed E-state index contributed by atoms with van der Waals surface area (Å²) in [7, 11) is 0. The molecule has 0 atom stereocenters. The summed E-state index contributed by atoms with van der Waals surface area (Å²) in [5, 5.41) is 15.8. The Morgan fingerprint density at radius 2 is 2.20 bits per heavy atom. The number of hydrogen-bond donors (Lipinski definition) is 2. The molecular formula is C13H12N2O5. The first-order chi connectivity index (χ1) is 9.61. The summed E-state index contributed by atoms with van der Waals surface area (Å²) in [5.74, 6) is -0.725. The van der Waals surface area contributed by atoms with Crippen molar-refractivity contribution in [1.29, 1.82) is 0 Å². The standard InChI is InChI=1S/C13H12N2O5/c16-9-5-11(20-12(17)6-9)13(18)14-8-3-7(4-8)10-1-2-19-15-10/h1-2,5-8,16H,3-4H2,(H,14,18). The Hall–Kier alpha value is -2.57. The lowest BCUT2D eigenvalue weighted by atomic mass is 9.78. The Bertz CT molecular complexity index is 670.